The third kappa shape index (κ3) is 5.98. The molecule has 0 spiro atoms. The van der Waals surface area contributed by atoms with E-state index in [0.717, 1.165) is 24.4 Å². The minimum Gasteiger partial charge on any atom is -0.374 e. The molecule has 0 heterocycles. The smallest absolute Gasteiger partial charge is 0.0648 e. The highest BCUT2D eigenvalue weighted by Gasteiger charge is 2.24. The van der Waals surface area contributed by atoms with Gasteiger partial charge in [0.05, 0.1) is 12.7 Å². The molecule has 2 fully saturated rings. The second kappa shape index (κ2) is 9.46. The van der Waals surface area contributed by atoms with Crippen molar-refractivity contribution in [3.8, 4) is 0 Å². The minimum absolute atomic E-state index is 0.510. The van der Waals surface area contributed by atoms with Gasteiger partial charge in [0.25, 0.3) is 0 Å². The minimum atomic E-state index is 0.510. The predicted molar refractivity (Wildman–Crippen MR) is 91.4 cm³/mol. The molecule has 0 atom stereocenters. The number of hydrogen-bond donors (Lipinski definition) is 0. The topological polar surface area (TPSA) is 9.23 Å². The Labute approximate surface area is 131 Å². The van der Waals surface area contributed by atoms with Crippen molar-refractivity contribution in [2.75, 3.05) is 6.61 Å². The summed E-state index contributed by atoms with van der Waals surface area (Å²) in [6.45, 7) is 6.61. The highest BCUT2D eigenvalue weighted by Crippen LogP contribution is 2.36. The van der Waals surface area contributed by atoms with Crippen LogP contribution in [0.5, 0.6) is 0 Å². The Hall–Kier alpha value is -0.560. The second-order valence-electron chi connectivity index (χ2n) is 7.15. The van der Waals surface area contributed by atoms with Crippen LogP contribution in [0.3, 0.4) is 0 Å². The van der Waals surface area contributed by atoms with Crippen molar-refractivity contribution in [2.45, 2.75) is 77.2 Å². The van der Waals surface area contributed by atoms with Gasteiger partial charge in [-0.1, -0.05) is 31.1 Å². The van der Waals surface area contributed by atoms with E-state index in [2.05, 4.69) is 25.7 Å². The molecule has 0 radical (unpaired) electrons. The van der Waals surface area contributed by atoms with E-state index in [1.807, 2.05) is 6.08 Å². The summed E-state index contributed by atoms with van der Waals surface area (Å²) in [5, 5.41) is 0. The summed E-state index contributed by atoms with van der Waals surface area (Å²) in [6, 6.07) is 0. The molecule has 2 aliphatic rings. The molecule has 2 aliphatic carbocycles. The van der Waals surface area contributed by atoms with Crippen molar-refractivity contribution in [1.29, 1.82) is 0 Å². The lowest BCUT2D eigenvalue weighted by Gasteiger charge is -2.31. The Balaban J connectivity index is 1.57. The average Bonchev–Trinajstić information content (AvgIpc) is 2.53. The van der Waals surface area contributed by atoms with Crippen LogP contribution in [0, 0.1) is 17.8 Å². The van der Waals surface area contributed by atoms with Gasteiger partial charge in [-0.2, -0.15) is 0 Å². The molecule has 2 rings (SSSR count). The largest absolute Gasteiger partial charge is 0.374 e. The summed E-state index contributed by atoms with van der Waals surface area (Å²) >= 11 is 0. The monoisotopic (exact) mass is 290 g/mol. The fourth-order valence-electron chi connectivity index (χ4n) is 4.20. The van der Waals surface area contributed by atoms with Crippen LogP contribution < -0.4 is 0 Å². The van der Waals surface area contributed by atoms with E-state index < -0.39 is 0 Å². The molecule has 0 aromatic heterocycles. The van der Waals surface area contributed by atoms with Crippen molar-refractivity contribution in [3.63, 3.8) is 0 Å². The van der Waals surface area contributed by atoms with Gasteiger partial charge in [0.2, 0.25) is 0 Å². The number of hydrogen-bond acceptors (Lipinski definition) is 1. The van der Waals surface area contributed by atoms with Gasteiger partial charge >= 0.3 is 0 Å². The van der Waals surface area contributed by atoms with Crippen molar-refractivity contribution in [3.05, 3.63) is 24.8 Å². The van der Waals surface area contributed by atoms with Crippen LogP contribution in [-0.4, -0.2) is 12.7 Å². The fourth-order valence-corrected chi connectivity index (χ4v) is 4.20. The molecule has 0 saturated heterocycles. The summed E-state index contributed by atoms with van der Waals surface area (Å²) in [6.07, 6.45) is 21.1. The van der Waals surface area contributed by atoms with Gasteiger partial charge in [-0.05, 0) is 76.0 Å². The first kappa shape index (κ1) is 16.8. The molecule has 0 aliphatic heterocycles. The molecule has 2 saturated carbocycles. The van der Waals surface area contributed by atoms with Crippen LogP contribution in [-0.2, 0) is 4.74 Å². The van der Waals surface area contributed by atoms with Gasteiger partial charge < -0.3 is 4.74 Å². The fraction of sp³-hybridized carbons (Fsp3) is 0.800. The lowest BCUT2D eigenvalue weighted by molar-refractivity contribution is 0.0327. The van der Waals surface area contributed by atoms with Crippen LogP contribution >= 0.6 is 0 Å². The molecule has 0 aromatic carbocycles. The van der Waals surface area contributed by atoms with Gasteiger partial charge in [0.15, 0.2) is 0 Å². The lowest BCUT2D eigenvalue weighted by Crippen LogP contribution is -2.22. The Bertz CT molecular complexity index is 304. The molecule has 0 amide bonds. The normalized spacial score (nSPS) is 34.1. The summed E-state index contributed by atoms with van der Waals surface area (Å²) < 4.78 is 5.79. The molecular weight excluding hydrogens is 256 g/mol. The molecule has 120 valence electrons. The molecule has 0 aromatic rings. The Morgan fingerprint density at radius 3 is 2.00 bits per heavy atom. The highest BCUT2D eigenvalue weighted by atomic mass is 16.5. The predicted octanol–water partition coefficient (Wildman–Crippen LogP) is 5.91. The van der Waals surface area contributed by atoms with Crippen molar-refractivity contribution >= 4 is 0 Å². The van der Waals surface area contributed by atoms with Crippen LogP contribution in [0.2, 0.25) is 0 Å². The Morgan fingerprint density at radius 2 is 1.48 bits per heavy atom. The van der Waals surface area contributed by atoms with Gasteiger partial charge in [0, 0.05) is 0 Å². The van der Waals surface area contributed by atoms with E-state index in [9.17, 15) is 0 Å². The van der Waals surface area contributed by atoms with Gasteiger partial charge in [0.1, 0.15) is 0 Å². The average molecular weight is 290 g/mol. The SMILES string of the molecule is C=CCO[C@H]1CC[C@H](CC[C@H]2CC[C@H](C=CC)CC2)CC1. The first-order valence-electron chi connectivity index (χ1n) is 9.17. The van der Waals surface area contributed by atoms with Gasteiger partial charge in [-0.3, -0.25) is 0 Å². The zero-order chi connectivity index (χ0) is 14.9. The molecule has 21 heavy (non-hydrogen) atoms. The van der Waals surface area contributed by atoms with E-state index >= 15 is 0 Å². The maximum atomic E-state index is 5.79. The van der Waals surface area contributed by atoms with Gasteiger partial charge in [-0.25, -0.2) is 0 Å². The van der Waals surface area contributed by atoms with E-state index in [4.69, 9.17) is 4.74 Å². The van der Waals surface area contributed by atoms with Crippen LogP contribution in [0.1, 0.15) is 71.1 Å². The van der Waals surface area contributed by atoms with Crippen LogP contribution in [0.25, 0.3) is 0 Å². The van der Waals surface area contributed by atoms with E-state index in [0.29, 0.717) is 6.10 Å². The van der Waals surface area contributed by atoms with Crippen molar-refractivity contribution < 1.29 is 4.74 Å². The number of ether oxygens (including phenoxy) is 1. The first-order chi connectivity index (χ1) is 10.3. The molecule has 1 nitrogen and oxygen atoms in total. The Kier molecular flexibility index (Phi) is 7.57. The second-order valence-corrected chi connectivity index (χ2v) is 7.15. The summed E-state index contributed by atoms with van der Waals surface area (Å²) in [7, 11) is 0. The molecule has 1 heteroatoms. The summed E-state index contributed by atoms with van der Waals surface area (Å²) in [4.78, 5) is 0. The summed E-state index contributed by atoms with van der Waals surface area (Å²) in [5.41, 5.74) is 0. The first-order valence-corrected chi connectivity index (χ1v) is 9.17. The Morgan fingerprint density at radius 1 is 0.905 bits per heavy atom. The molecular formula is C20H34O. The zero-order valence-electron chi connectivity index (χ0n) is 13.9. The van der Waals surface area contributed by atoms with Gasteiger partial charge in [-0.15, -0.1) is 6.58 Å². The van der Waals surface area contributed by atoms with E-state index in [-0.39, 0.29) is 0 Å². The quantitative estimate of drug-likeness (QED) is 0.529. The molecule has 0 N–H and O–H groups in total. The van der Waals surface area contributed by atoms with Crippen molar-refractivity contribution in [1.82, 2.24) is 0 Å². The maximum Gasteiger partial charge on any atom is 0.0648 e. The lowest BCUT2D eigenvalue weighted by atomic mass is 9.77. The standard InChI is InChI=1S/C20H34O/c1-3-5-17-6-8-18(9-7-17)10-11-19-12-14-20(15-13-19)21-16-4-2/h3-5,17-20H,2,6-16H2,1H3/t17-,18-,19-,20-. The van der Waals surface area contributed by atoms with Crippen LogP contribution in [0.4, 0.5) is 0 Å². The van der Waals surface area contributed by atoms with E-state index in [1.54, 1.807) is 0 Å². The number of rotatable bonds is 7. The third-order valence-electron chi connectivity index (χ3n) is 5.58. The summed E-state index contributed by atoms with van der Waals surface area (Å²) in [5.74, 6) is 2.87. The molecule has 0 unspecified atom stereocenters. The number of allylic oxidation sites excluding steroid dienone is 2. The zero-order valence-corrected chi connectivity index (χ0v) is 13.9. The van der Waals surface area contributed by atoms with Crippen molar-refractivity contribution in [2.24, 2.45) is 17.8 Å². The van der Waals surface area contributed by atoms with Crippen LogP contribution in [0.15, 0.2) is 24.8 Å². The third-order valence-corrected chi connectivity index (χ3v) is 5.58. The van der Waals surface area contributed by atoms with E-state index in [1.165, 1.54) is 64.2 Å². The molecule has 0 bridgehead atoms. The maximum absolute atomic E-state index is 5.79. The highest BCUT2D eigenvalue weighted by molar-refractivity contribution is 4.89.